The lowest BCUT2D eigenvalue weighted by Crippen LogP contribution is -2.43. The first-order valence-electron chi connectivity index (χ1n) is 8.93. The lowest BCUT2D eigenvalue weighted by Gasteiger charge is -2.32. The van der Waals surface area contributed by atoms with Gasteiger partial charge in [-0.1, -0.05) is 30.3 Å². The molecule has 0 aromatic heterocycles. The molecular formula is C19H28N2O2. The smallest absolute Gasteiger partial charge is 0.234 e. The van der Waals surface area contributed by atoms with Gasteiger partial charge in [-0.05, 0) is 49.6 Å². The minimum atomic E-state index is 0.157. The number of hydrogen-bond donors (Lipinski definition) is 1. The summed E-state index contributed by atoms with van der Waals surface area (Å²) in [5.74, 6) is 1.21. The van der Waals surface area contributed by atoms with Gasteiger partial charge in [0.25, 0.3) is 0 Å². The van der Waals surface area contributed by atoms with E-state index in [1.54, 1.807) is 0 Å². The first-order valence-corrected chi connectivity index (χ1v) is 8.93. The first-order chi connectivity index (χ1) is 11.3. The van der Waals surface area contributed by atoms with E-state index in [1.807, 2.05) is 0 Å². The van der Waals surface area contributed by atoms with Crippen molar-refractivity contribution in [2.75, 3.05) is 39.4 Å². The highest BCUT2D eigenvalue weighted by molar-refractivity contribution is 5.78. The summed E-state index contributed by atoms with van der Waals surface area (Å²) in [6.45, 7) is 4.97. The third-order valence-electron chi connectivity index (χ3n) is 4.99. The zero-order chi connectivity index (χ0) is 15.9. The monoisotopic (exact) mass is 316 g/mol. The summed E-state index contributed by atoms with van der Waals surface area (Å²) in [6, 6.07) is 10.7. The molecule has 2 saturated heterocycles. The molecule has 1 aromatic carbocycles. The Balaban J connectivity index is 1.43. The number of carbonyl (C=O) groups excluding carboxylic acids is 1. The number of carbonyl (C=O) groups is 1. The summed E-state index contributed by atoms with van der Waals surface area (Å²) < 4.78 is 5.47. The van der Waals surface area contributed by atoms with E-state index in [0.717, 1.165) is 39.3 Å². The number of hydrogen-bond acceptors (Lipinski definition) is 3. The molecule has 1 aromatic rings. The summed E-state index contributed by atoms with van der Waals surface area (Å²) in [7, 11) is 0. The van der Waals surface area contributed by atoms with E-state index in [2.05, 4.69) is 40.5 Å². The standard InChI is InChI=1S/C19H28N2O2/c22-19(20-12-16-6-5-11-23-15-16)14-21-10-4-9-18(13-21)17-7-2-1-3-8-17/h1-3,7-8,16,18H,4-6,9-15H2,(H,20,22)/t16-,18-/m0/s1. The molecule has 1 amide bonds. The maximum atomic E-state index is 12.2. The van der Waals surface area contributed by atoms with Gasteiger partial charge in [-0.2, -0.15) is 0 Å². The molecule has 0 saturated carbocycles. The number of rotatable bonds is 5. The molecule has 2 fully saturated rings. The summed E-state index contributed by atoms with van der Waals surface area (Å²) in [5, 5.41) is 3.09. The van der Waals surface area contributed by atoms with Gasteiger partial charge in [-0.3, -0.25) is 9.69 Å². The van der Waals surface area contributed by atoms with E-state index in [-0.39, 0.29) is 5.91 Å². The van der Waals surface area contributed by atoms with Crippen LogP contribution in [0, 0.1) is 5.92 Å². The third-order valence-corrected chi connectivity index (χ3v) is 4.99. The predicted molar refractivity (Wildman–Crippen MR) is 91.4 cm³/mol. The third kappa shape index (κ3) is 5.05. The van der Waals surface area contributed by atoms with Gasteiger partial charge in [-0.25, -0.2) is 0 Å². The average molecular weight is 316 g/mol. The predicted octanol–water partition coefficient (Wildman–Crippen LogP) is 2.41. The molecular weight excluding hydrogens is 288 g/mol. The van der Waals surface area contributed by atoms with Crippen molar-refractivity contribution >= 4 is 5.91 Å². The Bertz CT molecular complexity index is 485. The molecule has 4 nitrogen and oxygen atoms in total. The quantitative estimate of drug-likeness (QED) is 0.907. The van der Waals surface area contributed by atoms with Crippen LogP contribution in [0.15, 0.2) is 30.3 Å². The van der Waals surface area contributed by atoms with Crippen LogP contribution in [-0.2, 0) is 9.53 Å². The molecule has 0 aliphatic carbocycles. The largest absolute Gasteiger partial charge is 0.381 e. The Morgan fingerprint density at radius 2 is 2.09 bits per heavy atom. The molecule has 2 aliphatic heterocycles. The SMILES string of the molecule is O=C(CN1CCC[C@H](c2ccccc2)C1)NC[C@@H]1CCCOC1. The van der Waals surface area contributed by atoms with Gasteiger partial charge in [0.05, 0.1) is 13.2 Å². The zero-order valence-electron chi connectivity index (χ0n) is 13.9. The van der Waals surface area contributed by atoms with Crippen LogP contribution in [0.25, 0.3) is 0 Å². The fourth-order valence-corrected chi connectivity index (χ4v) is 3.68. The van der Waals surface area contributed by atoms with Crippen molar-refractivity contribution in [3.63, 3.8) is 0 Å². The number of likely N-dealkylation sites (tertiary alicyclic amines) is 1. The van der Waals surface area contributed by atoms with E-state index >= 15 is 0 Å². The molecule has 0 spiro atoms. The molecule has 4 heteroatoms. The number of amides is 1. The van der Waals surface area contributed by atoms with Gasteiger partial charge >= 0.3 is 0 Å². The second-order valence-electron chi connectivity index (χ2n) is 6.87. The van der Waals surface area contributed by atoms with Gasteiger partial charge in [0.15, 0.2) is 0 Å². The van der Waals surface area contributed by atoms with Crippen LogP contribution in [0.1, 0.15) is 37.2 Å². The van der Waals surface area contributed by atoms with Crippen LogP contribution in [0.2, 0.25) is 0 Å². The van der Waals surface area contributed by atoms with E-state index in [9.17, 15) is 4.79 Å². The van der Waals surface area contributed by atoms with Crippen molar-refractivity contribution < 1.29 is 9.53 Å². The molecule has 0 unspecified atom stereocenters. The van der Waals surface area contributed by atoms with Crippen molar-refractivity contribution in [1.29, 1.82) is 0 Å². The van der Waals surface area contributed by atoms with Crippen molar-refractivity contribution in [2.45, 2.75) is 31.6 Å². The lowest BCUT2D eigenvalue weighted by molar-refractivity contribution is -0.122. The number of benzene rings is 1. The van der Waals surface area contributed by atoms with E-state index in [1.165, 1.54) is 24.8 Å². The van der Waals surface area contributed by atoms with Crippen LogP contribution in [0.4, 0.5) is 0 Å². The molecule has 23 heavy (non-hydrogen) atoms. The number of ether oxygens (including phenoxy) is 1. The van der Waals surface area contributed by atoms with Crippen molar-refractivity contribution in [3.8, 4) is 0 Å². The van der Waals surface area contributed by atoms with E-state index in [4.69, 9.17) is 4.74 Å². The molecule has 0 radical (unpaired) electrons. The van der Waals surface area contributed by atoms with Crippen LogP contribution >= 0.6 is 0 Å². The zero-order valence-corrected chi connectivity index (χ0v) is 13.9. The number of nitrogens with one attached hydrogen (secondary N) is 1. The highest BCUT2D eigenvalue weighted by atomic mass is 16.5. The molecule has 1 N–H and O–H groups in total. The van der Waals surface area contributed by atoms with Crippen LogP contribution < -0.4 is 5.32 Å². The first kappa shape index (κ1) is 16.5. The summed E-state index contributed by atoms with van der Waals surface area (Å²) in [4.78, 5) is 14.5. The Labute approximate surface area is 139 Å². The highest BCUT2D eigenvalue weighted by Gasteiger charge is 2.23. The number of nitrogens with zero attached hydrogens (tertiary/aromatic N) is 1. The van der Waals surface area contributed by atoms with Crippen molar-refractivity contribution in [1.82, 2.24) is 10.2 Å². The fraction of sp³-hybridized carbons (Fsp3) is 0.632. The van der Waals surface area contributed by atoms with E-state index < -0.39 is 0 Å². The number of piperidine rings is 1. The Morgan fingerprint density at radius 1 is 1.22 bits per heavy atom. The van der Waals surface area contributed by atoms with E-state index in [0.29, 0.717) is 18.4 Å². The maximum absolute atomic E-state index is 12.2. The van der Waals surface area contributed by atoms with Crippen LogP contribution in [0.3, 0.4) is 0 Å². The molecule has 2 atom stereocenters. The van der Waals surface area contributed by atoms with Crippen LogP contribution in [0.5, 0.6) is 0 Å². The minimum Gasteiger partial charge on any atom is -0.381 e. The lowest BCUT2D eigenvalue weighted by atomic mass is 9.91. The molecule has 126 valence electrons. The Kier molecular flexibility index (Phi) is 6.06. The Morgan fingerprint density at radius 3 is 2.87 bits per heavy atom. The molecule has 0 bridgehead atoms. The summed E-state index contributed by atoms with van der Waals surface area (Å²) in [5.41, 5.74) is 1.40. The topological polar surface area (TPSA) is 41.6 Å². The van der Waals surface area contributed by atoms with Gasteiger partial charge in [0.1, 0.15) is 0 Å². The fourth-order valence-electron chi connectivity index (χ4n) is 3.68. The van der Waals surface area contributed by atoms with Gasteiger partial charge in [-0.15, -0.1) is 0 Å². The minimum absolute atomic E-state index is 0.157. The molecule has 2 aliphatic rings. The van der Waals surface area contributed by atoms with Crippen molar-refractivity contribution in [3.05, 3.63) is 35.9 Å². The highest BCUT2D eigenvalue weighted by Crippen LogP contribution is 2.26. The summed E-state index contributed by atoms with van der Waals surface area (Å²) in [6.07, 6.45) is 4.68. The average Bonchev–Trinajstić information content (AvgIpc) is 2.62. The van der Waals surface area contributed by atoms with Gasteiger partial charge in [0, 0.05) is 19.7 Å². The Hall–Kier alpha value is -1.39. The van der Waals surface area contributed by atoms with Gasteiger partial charge < -0.3 is 10.1 Å². The maximum Gasteiger partial charge on any atom is 0.234 e. The second kappa shape index (κ2) is 8.46. The van der Waals surface area contributed by atoms with Gasteiger partial charge in [0.2, 0.25) is 5.91 Å². The van der Waals surface area contributed by atoms with Crippen LogP contribution in [-0.4, -0.2) is 50.2 Å². The summed E-state index contributed by atoms with van der Waals surface area (Å²) >= 11 is 0. The normalized spacial score (nSPS) is 25.9. The molecule has 2 heterocycles. The second-order valence-corrected chi connectivity index (χ2v) is 6.87. The molecule has 3 rings (SSSR count). The van der Waals surface area contributed by atoms with Crippen molar-refractivity contribution in [2.24, 2.45) is 5.92 Å².